The summed E-state index contributed by atoms with van der Waals surface area (Å²) in [5, 5.41) is -4.03. The molecule has 0 N–H and O–H groups in total. The lowest BCUT2D eigenvalue weighted by molar-refractivity contribution is -0.456. The molecule has 198 valence electrons. The minimum atomic E-state index is -9.06. The minimum Gasteiger partial charge on any atom is -0.274 e. The van der Waals surface area contributed by atoms with E-state index < -0.39 is 65.0 Å². The van der Waals surface area contributed by atoms with Gasteiger partial charge in [-0.15, -0.1) is 0 Å². The molecule has 0 aromatic heterocycles. The molecule has 0 rings (SSSR count). The summed E-state index contributed by atoms with van der Waals surface area (Å²) in [7, 11) is 0. The number of hydrogen-bond donors (Lipinski definition) is 0. The monoisotopic (exact) mass is 564 g/mol. The maximum absolute atomic E-state index is 13.3. The zero-order chi connectivity index (χ0) is 27.7. The largest absolute Gasteiger partial charge is 0.425 e. The molecule has 0 fully saturated rings. The molecule has 0 aromatic carbocycles. The molecular weight excluding hydrogens is 564 g/mol. The van der Waals surface area contributed by atoms with Crippen molar-refractivity contribution in [3.8, 4) is 0 Å². The van der Waals surface area contributed by atoms with Crippen molar-refractivity contribution in [1.29, 1.82) is 0 Å². The Morgan fingerprint density at radius 2 is 0.727 bits per heavy atom. The van der Waals surface area contributed by atoms with Gasteiger partial charge in [0.1, 0.15) is 0 Å². The number of hydrogen-bond acceptors (Lipinski definition) is 1. The van der Waals surface area contributed by atoms with E-state index in [-0.39, 0.29) is 0 Å². The van der Waals surface area contributed by atoms with Crippen molar-refractivity contribution in [3.63, 3.8) is 0 Å². The second-order valence-corrected chi connectivity index (χ2v) is 6.16. The molecule has 1 nitrogen and oxygen atoms in total. The van der Waals surface area contributed by atoms with Crippen LogP contribution in [0.2, 0.25) is 0 Å². The van der Waals surface area contributed by atoms with Crippen molar-refractivity contribution in [3.05, 3.63) is 0 Å². The van der Waals surface area contributed by atoms with Crippen LogP contribution in [0.3, 0.4) is 0 Å². The van der Waals surface area contributed by atoms with Gasteiger partial charge in [-0.2, -0.15) is 83.4 Å². The van der Waals surface area contributed by atoms with E-state index in [1.807, 2.05) is 0 Å². The minimum absolute atomic E-state index is 3.67. The zero-order valence-electron chi connectivity index (χ0n) is 13.9. The fourth-order valence-corrected chi connectivity index (χ4v) is 1.80. The lowest BCUT2D eigenvalue weighted by Gasteiger charge is -2.43. The Bertz CT molecular complexity index is 750. The molecule has 0 aliphatic rings. The summed E-state index contributed by atoms with van der Waals surface area (Å²) in [5.74, 6) is -68.2. The van der Waals surface area contributed by atoms with Crippen molar-refractivity contribution in [1.82, 2.24) is 0 Å². The second-order valence-electron chi connectivity index (χ2n) is 5.82. The molecule has 0 aromatic rings. The molecule has 0 spiro atoms. The summed E-state index contributed by atoms with van der Waals surface area (Å²) in [5.41, 5.74) is 0. The van der Waals surface area contributed by atoms with Crippen LogP contribution in [-0.2, 0) is 4.79 Å². The first-order chi connectivity index (χ1) is 13.8. The SMILES string of the molecule is O=C(Cl)C(F)(F)C(F)(F)C(F)(F)C(F)(F)C(F)(F)C(F)(F)C(F)(F)C(F)(F)C(F)C(F)(F)F. The molecule has 0 heterocycles. The third-order valence-corrected chi connectivity index (χ3v) is 3.87. The van der Waals surface area contributed by atoms with E-state index >= 15 is 0 Å². The van der Waals surface area contributed by atoms with Gasteiger partial charge in [0.2, 0.25) is 0 Å². The van der Waals surface area contributed by atoms with E-state index in [1.54, 1.807) is 0 Å². The highest BCUT2D eigenvalue weighted by atomic mass is 35.5. The molecule has 1 unspecified atom stereocenters. The highest BCUT2D eigenvalue weighted by molar-refractivity contribution is 6.65. The third-order valence-electron chi connectivity index (χ3n) is 3.64. The molecule has 22 heteroatoms. The topological polar surface area (TPSA) is 17.1 Å². The highest BCUT2D eigenvalue weighted by Crippen LogP contribution is 2.64. The van der Waals surface area contributed by atoms with E-state index in [0.717, 1.165) is 0 Å². The van der Waals surface area contributed by atoms with Crippen LogP contribution in [0.15, 0.2) is 0 Å². The summed E-state index contributed by atoms with van der Waals surface area (Å²) >= 11 is 3.67. The Hall–Kier alpha value is -1.44. The first-order valence-electron chi connectivity index (χ1n) is 6.78. The van der Waals surface area contributed by atoms with Gasteiger partial charge in [0.15, 0.2) is 0 Å². The van der Waals surface area contributed by atoms with Crippen LogP contribution in [0.4, 0.5) is 87.8 Å². The first-order valence-corrected chi connectivity index (χ1v) is 7.16. The Morgan fingerprint density at radius 1 is 0.485 bits per heavy atom. The Morgan fingerprint density at radius 3 is 0.970 bits per heavy atom. The molecule has 0 saturated carbocycles. The average Bonchev–Trinajstić information content (AvgIpc) is 2.58. The lowest BCUT2D eigenvalue weighted by atomic mass is 9.87. The molecule has 0 saturated heterocycles. The summed E-state index contributed by atoms with van der Waals surface area (Å²) in [4.78, 5) is 10.0. The van der Waals surface area contributed by atoms with Crippen LogP contribution >= 0.6 is 11.6 Å². The summed E-state index contributed by atoms with van der Waals surface area (Å²) in [6, 6.07) is 0. The van der Waals surface area contributed by atoms with Crippen LogP contribution in [0.5, 0.6) is 0 Å². The van der Waals surface area contributed by atoms with Crippen LogP contribution in [-0.4, -0.2) is 65.0 Å². The number of halogens is 21. The third kappa shape index (κ3) is 3.94. The van der Waals surface area contributed by atoms with E-state index in [0.29, 0.717) is 0 Å². The van der Waals surface area contributed by atoms with Gasteiger partial charge in [-0.1, -0.05) is 0 Å². The Kier molecular flexibility index (Phi) is 7.45. The Balaban J connectivity index is 6.96. The predicted octanol–water partition coefficient (Wildman–Crippen LogP) is 6.73. The van der Waals surface area contributed by atoms with Gasteiger partial charge in [0, 0.05) is 0 Å². The maximum atomic E-state index is 13.3. The van der Waals surface area contributed by atoms with Crippen molar-refractivity contribution in [2.75, 3.05) is 0 Å². The van der Waals surface area contributed by atoms with Gasteiger partial charge in [0.25, 0.3) is 11.4 Å². The van der Waals surface area contributed by atoms with Crippen LogP contribution in [0, 0.1) is 0 Å². The van der Waals surface area contributed by atoms with Gasteiger partial charge in [-0.3, -0.25) is 4.79 Å². The first kappa shape index (κ1) is 31.6. The average molecular weight is 565 g/mol. The molecule has 33 heavy (non-hydrogen) atoms. The molecule has 0 bridgehead atoms. The predicted molar refractivity (Wildman–Crippen MR) is 61.4 cm³/mol. The Labute approximate surface area is 170 Å². The molecule has 0 aliphatic carbocycles. The molecule has 1 atom stereocenters. The molecule has 0 amide bonds. The molecule has 0 aliphatic heterocycles. The van der Waals surface area contributed by atoms with Crippen molar-refractivity contribution in [2.24, 2.45) is 0 Å². The van der Waals surface area contributed by atoms with E-state index in [1.165, 1.54) is 0 Å². The van der Waals surface area contributed by atoms with Gasteiger partial charge in [-0.05, 0) is 11.6 Å². The highest BCUT2D eigenvalue weighted by Gasteiger charge is 2.96. The smallest absolute Gasteiger partial charge is 0.274 e. The number of alkyl halides is 20. The van der Waals surface area contributed by atoms with Crippen molar-refractivity contribution in [2.45, 2.75) is 59.7 Å². The van der Waals surface area contributed by atoms with E-state index in [4.69, 9.17) is 0 Å². The number of carbonyl (C=O) groups excluding carboxylic acids is 1. The molecule has 0 radical (unpaired) electrons. The van der Waals surface area contributed by atoms with Gasteiger partial charge in [-0.25, -0.2) is 4.39 Å². The zero-order valence-corrected chi connectivity index (χ0v) is 14.7. The van der Waals surface area contributed by atoms with Gasteiger partial charge >= 0.3 is 53.6 Å². The van der Waals surface area contributed by atoms with E-state index in [9.17, 15) is 92.6 Å². The van der Waals surface area contributed by atoms with Crippen LogP contribution in [0.25, 0.3) is 0 Å². The van der Waals surface area contributed by atoms with Crippen molar-refractivity contribution >= 4 is 16.8 Å². The quantitative estimate of drug-likeness (QED) is 0.224. The number of rotatable bonds is 9. The normalized spacial score (nSPS) is 17.2. The maximum Gasteiger partial charge on any atom is 0.425 e. The molecular formula is C11HClF20O. The summed E-state index contributed by atoms with van der Waals surface area (Å²) < 4.78 is 258. The second kappa shape index (κ2) is 7.79. The number of carbonyl (C=O) groups is 1. The van der Waals surface area contributed by atoms with E-state index in [2.05, 4.69) is 11.6 Å². The van der Waals surface area contributed by atoms with Crippen molar-refractivity contribution < 1.29 is 92.6 Å². The summed E-state index contributed by atoms with van der Waals surface area (Å²) in [6.07, 6.45) is -13.9. The lowest BCUT2D eigenvalue weighted by Crippen LogP contribution is -2.76. The summed E-state index contributed by atoms with van der Waals surface area (Å²) in [6.45, 7) is 0. The fraction of sp³-hybridized carbons (Fsp3) is 0.909. The van der Waals surface area contributed by atoms with Gasteiger partial charge < -0.3 is 0 Å². The fourth-order valence-electron chi connectivity index (χ4n) is 1.68. The standard InChI is InChI=1S/C11HClF20O/c12-2(33)4(16,17)7(23,24)9(27,28)11(31,32)10(29,30)8(25,26)6(21,22)3(14,15)1(13)5(18,19)20/h1H. The van der Waals surface area contributed by atoms with Crippen LogP contribution in [0.1, 0.15) is 0 Å². The van der Waals surface area contributed by atoms with Crippen LogP contribution < -0.4 is 0 Å². The van der Waals surface area contributed by atoms with Gasteiger partial charge in [0.05, 0.1) is 0 Å².